The van der Waals surface area contributed by atoms with Crippen molar-refractivity contribution < 1.29 is 14.3 Å². The summed E-state index contributed by atoms with van der Waals surface area (Å²) in [7, 11) is 0. The molecule has 3 N–H and O–H groups in total. The Morgan fingerprint density at radius 2 is 2.13 bits per heavy atom. The van der Waals surface area contributed by atoms with Crippen molar-refractivity contribution in [3.63, 3.8) is 0 Å². The van der Waals surface area contributed by atoms with Crippen molar-refractivity contribution >= 4 is 28.3 Å². The summed E-state index contributed by atoms with van der Waals surface area (Å²) in [5, 5.41) is 4.79. The Morgan fingerprint density at radius 3 is 2.83 bits per heavy atom. The van der Waals surface area contributed by atoms with E-state index in [0.29, 0.717) is 16.6 Å². The average Bonchev–Trinajstić information content (AvgIpc) is 2.90. The van der Waals surface area contributed by atoms with Gasteiger partial charge >= 0.3 is 0 Å². The lowest BCUT2D eigenvalue weighted by Crippen LogP contribution is -2.30. The maximum absolute atomic E-state index is 12.2. The highest BCUT2D eigenvalue weighted by atomic mass is 32.1. The lowest BCUT2D eigenvalue weighted by molar-refractivity contribution is -0.122. The number of nitrogens with one attached hydrogen (secondary N) is 1. The molecule has 2 rings (SSSR count). The number of primary amides is 1. The van der Waals surface area contributed by atoms with E-state index in [1.54, 1.807) is 12.3 Å². The molecule has 0 saturated heterocycles. The summed E-state index contributed by atoms with van der Waals surface area (Å²) >= 11 is 1.24. The summed E-state index contributed by atoms with van der Waals surface area (Å²) in [4.78, 5) is 27.2. The van der Waals surface area contributed by atoms with Gasteiger partial charge in [0.1, 0.15) is 5.75 Å². The lowest BCUT2D eigenvalue weighted by Gasteiger charge is -2.16. The highest BCUT2D eigenvalue weighted by molar-refractivity contribution is 7.13. The van der Waals surface area contributed by atoms with Crippen LogP contribution in [0.1, 0.15) is 23.7 Å². The molecule has 1 aromatic heterocycles. The minimum Gasteiger partial charge on any atom is -0.481 e. The molecule has 0 aliphatic carbocycles. The number of hydrogen-bond acceptors (Lipinski definition) is 5. The van der Waals surface area contributed by atoms with E-state index in [1.165, 1.54) is 11.3 Å². The number of amides is 2. The number of ether oxygens (including phenoxy) is 1. The number of nitrogens with zero attached hydrogens (tertiary/aromatic N) is 1. The number of aryl methyl sites for hydroxylation is 1. The first-order valence-electron chi connectivity index (χ1n) is 7.13. The van der Waals surface area contributed by atoms with Gasteiger partial charge in [-0.25, -0.2) is 4.98 Å². The number of benzene rings is 1. The fourth-order valence-electron chi connectivity index (χ4n) is 1.93. The van der Waals surface area contributed by atoms with Crippen LogP contribution >= 0.6 is 11.3 Å². The van der Waals surface area contributed by atoms with Gasteiger partial charge in [-0.15, -0.1) is 11.3 Å². The first kappa shape index (κ1) is 17.0. The fraction of sp³-hybridized carbons (Fsp3) is 0.312. The molecule has 1 heterocycles. The Labute approximate surface area is 138 Å². The predicted octanol–water partition coefficient (Wildman–Crippen LogP) is 2.19. The number of thiazole rings is 1. The zero-order chi connectivity index (χ0) is 17.0. The standard InChI is InChI=1S/C16H19N3O3S/c1-9-5-4-6-13(10(9)2)22-11(3)15(21)19-16-18-12(8-23-16)7-14(17)20/h4-6,8,11H,7H2,1-3H3,(H2,17,20)(H,18,19,21)/t11-/m1/s1. The van der Waals surface area contributed by atoms with Crippen LogP contribution in [-0.2, 0) is 16.0 Å². The molecule has 23 heavy (non-hydrogen) atoms. The Hall–Kier alpha value is -2.41. The van der Waals surface area contributed by atoms with E-state index in [9.17, 15) is 9.59 Å². The molecular weight excluding hydrogens is 314 g/mol. The zero-order valence-electron chi connectivity index (χ0n) is 13.3. The number of aromatic nitrogens is 1. The molecule has 1 aromatic carbocycles. The monoisotopic (exact) mass is 333 g/mol. The minimum absolute atomic E-state index is 0.0565. The van der Waals surface area contributed by atoms with E-state index in [2.05, 4.69) is 10.3 Å². The van der Waals surface area contributed by atoms with Crippen LogP contribution in [0, 0.1) is 13.8 Å². The van der Waals surface area contributed by atoms with E-state index < -0.39 is 12.0 Å². The predicted molar refractivity (Wildman–Crippen MR) is 89.6 cm³/mol. The van der Waals surface area contributed by atoms with Crippen molar-refractivity contribution in [2.75, 3.05) is 5.32 Å². The topological polar surface area (TPSA) is 94.3 Å². The summed E-state index contributed by atoms with van der Waals surface area (Å²) < 4.78 is 5.72. The van der Waals surface area contributed by atoms with Crippen molar-refractivity contribution in [1.29, 1.82) is 0 Å². The Bertz CT molecular complexity index is 727. The van der Waals surface area contributed by atoms with E-state index in [-0.39, 0.29) is 12.3 Å². The Kier molecular flexibility index (Phi) is 5.33. The summed E-state index contributed by atoms with van der Waals surface area (Å²) in [5.74, 6) is -0.0770. The number of carbonyl (C=O) groups excluding carboxylic acids is 2. The summed E-state index contributed by atoms with van der Waals surface area (Å²) in [6.45, 7) is 5.62. The molecule has 2 aromatic rings. The molecule has 0 saturated carbocycles. The van der Waals surface area contributed by atoms with Gasteiger partial charge in [0.15, 0.2) is 11.2 Å². The quantitative estimate of drug-likeness (QED) is 0.847. The number of carbonyl (C=O) groups is 2. The van der Waals surface area contributed by atoms with Gasteiger partial charge in [0.05, 0.1) is 12.1 Å². The van der Waals surface area contributed by atoms with E-state index in [0.717, 1.165) is 11.1 Å². The van der Waals surface area contributed by atoms with Crippen LogP contribution < -0.4 is 15.8 Å². The van der Waals surface area contributed by atoms with Gasteiger partial charge in [-0.1, -0.05) is 12.1 Å². The first-order chi connectivity index (χ1) is 10.9. The summed E-state index contributed by atoms with van der Waals surface area (Å²) in [5.41, 5.74) is 7.76. The number of hydrogen-bond donors (Lipinski definition) is 2. The van der Waals surface area contributed by atoms with Crippen LogP contribution in [0.2, 0.25) is 0 Å². The van der Waals surface area contributed by atoms with E-state index in [1.807, 2.05) is 32.0 Å². The van der Waals surface area contributed by atoms with Crippen LogP contribution in [-0.4, -0.2) is 22.9 Å². The van der Waals surface area contributed by atoms with Gasteiger partial charge in [-0.3, -0.25) is 14.9 Å². The second-order valence-corrected chi connectivity index (χ2v) is 6.09. The van der Waals surface area contributed by atoms with Crippen molar-refractivity contribution in [3.05, 3.63) is 40.4 Å². The minimum atomic E-state index is -0.668. The van der Waals surface area contributed by atoms with Crippen molar-refractivity contribution in [1.82, 2.24) is 4.98 Å². The third-order valence-corrected chi connectivity index (χ3v) is 4.17. The molecule has 0 spiro atoms. The zero-order valence-corrected chi connectivity index (χ0v) is 14.1. The molecule has 6 nitrogen and oxygen atoms in total. The molecule has 0 aliphatic rings. The molecule has 0 radical (unpaired) electrons. The lowest BCUT2D eigenvalue weighted by atomic mass is 10.1. The largest absolute Gasteiger partial charge is 0.481 e. The molecule has 0 unspecified atom stereocenters. The van der Waals surface area contributed by atoms with E-state index in [4.69, 9.17) is 10.5 Å². The fourth-order valence-corrected chi connectivity index (χ4v) is 2.64. The third kappa shape index (κ3) is 4.53. The SMILES string of the molecule is Cc1cccc(O[C@H](C)C(=O)Nc2nc(CC(N)=O)cs2)c1C. The van der Waals surface area contributed by atoms with Gasteiger partial charge in [0.25, 0.3) is 5.91 Å². The molecular formula is C16H19N3O3S. The van der Waals surface area contributed by atoms with Crippen LogP contribution in [0.4, 0.5) is 5.13 Å². The van der Waals surface area contributed by atoms with Crippen molar-refractivity contribution in [2.24, 2.45) is 5.73 Å². The number of nitrogens with two attached hydrogens (primary N) is 1. The first-order valence-corrected chi connectivity index (χ1v) is 8.01. The van der Waals surface area contributed by atoms with Gasteiger partial charge in [-0.05, 0) is 38.0 Å². The smallest absolute Gasteiger partial charge is 0.266 e. The summed E-state index contributed by atoms with van der Waals surface area (Å²) in [6, 6.07) is 5.71. The normalized spacial score (nSPS) is 11.8. The van der Waals surface area contributed by atoms with Crippen LogP contribution in [0.15, 0.2) is 23.6 Å². The van der Waals surface area contributed by atoms with Gasteiger partial charge in [0, 0.05) is 5.38 Å². The molecule has 122 valence electrons. The molecule has 0 aliphatic heterocycles. The van der Waals surface area contributed by atoms with Crippen LogP contribution in [0.5, 0.6) is 5.75 Å². The van der Waals surface area contributed by atoms with Gasteiger partial charge in [-0.2, -0.15) is 0 Å². The van der Waals surface area contributed by atoms with Crippen molar-refractivity contribution in [3.8, 4) is 5.75 Å². The molecule has 1 atom stereocenters. The maximum Gasteiger partial charge on any atom is 0.266 e. The van der Waals surface area contributed by atoms with Gasteiger partial charge in [0.2, 0.25) is 5.91 Å². The Balaban J connectivity index is 1.98. The second kappa shape index (κ2) is 7.23. The maximum atomic E-state index is 12.2. The number of anilines is 1. The number of rotatable bonds is 6. The second-order valence-electron chi connectivity index (χ2n) is 5.23. The van der Waals surface area contributed by atoms with Crippen molar-refractivity contribution in [2.45, 2.75) is 33.3 Å². The molecule has 2 amide bonds. The highest BCUT2D eigenvalue weighted by Crippen LogP contribution is 2.22. The third-order valence-electron chi connectivity index (χ3n) is 3.37. The average molecular weight is 333 g/mol. The molecule has 7 heteroatoms. The molecule has 0 bridgehead atoms. The van der Waals surface area contributed by atoms with E-state index >= 15 is 0 Å². The highest BCUT2D eigenvalue weighted by Gasteiger charge is 2.17. The molecule has 0 fully saturated rings. The van der Waals surface area contributed by atoms with Crippen LogP contribution in [0.3, 0.4) is 0 Å². The summed E-state index contributed by atoms with van der Waals surface area (Å²) in [6.07, 6.45) is -0.611. The Morgan fingerprint density at radius 1 is 1.39 bits per heavy atom. The van der Waals surface area contributed by atoms with Gasteiger partial charge < -0.3 is 10.5 Å². The van der Waals surface area contributed by atoms with Crippen LogP contribution in [0.25, 0.3) is 0 Å².